The smallest absolute Gasteiger partial charge is 0.333 e. The van der Waals surface area contributed by atoms with Crippen LogP contribution in [0.1, 0.15) is 77.6 Å². The Balaban J connectivity index is 1.89. The van der Waals surface area contributed by atoms with Crippen molar-refractivity contribution in [2.45, 2.75) is 77.6 Å². The molecule has 1 aliphatic heterocycles. The number of carbonyl (C=O) groups is 4. The summed E-state index contributed by atoms with van der Waals surface area (Å²) >= 11 is 0. The van der Waals surface area contributed by atoms with E-state index in [4.69, 9.17) is 4.84 Å². The number of hydroxylamine groups is 2. The lowest BCUT2D eigenvalue weighted by molar-refractivity contribution is -0.197. The van der Waals surface area contributed by atoms with Crippen molar-refractivity contribution in [1.29, 1.82) is 0 Å². The van der Waals surface area contributed by atoms with E-state index in [1.165, 1.54) is 0 Å². The number of carbonyl (C=O) groups excluding carboxylic acids is 4. The summed E-state index contributed by atoms with van der Waals surface area (Å²) < 4.78 is 0. The number of unbranched alkanes of at least 4 members (excludes halogenated alkanes) is 7. The highest BCUT2D eigenvalue weighted by Crippen LogP contribution is 2.14. The molecule has 1 aliphatic rings. The number of imide groups is 1. The Kier molecular flexibility index (Phi) is 10.3. The van der Waals surface area contributed by atoms with Gasteiger partial charge in [0.05, 0.1) is 0 Å². The van der Waals surface area contributed by atoms with Crippen molar-refractivity contribution >= 4 is 23.7 Å². The van der Waals surface area contributed by atoms with Crippen molar-refractivity contribution in [2.24, 2.45) is 0 Å². The van der Waals surface area contributed by atoms with Crippen LogP contribution in [-0.4, -0.2) is 35.3 Å². The molecular weight excluding hydrogens is 336 g/mol. The zero-order valence-electron chi connectivity index (χ0n) is 15.7. The first-order valence-electron chi connectivity index (χ1n) is 9.42. The first-order valence-corrected chi connectivity index (χ1v) is 9.42. The number of hydrogen-bond donors (Lipinski definition) is 1. The minimum absolute atomic E-state index is 0.0815. The third-order valence-corrected chi connectivity index (χ3v) is 4.18. The molecule has 0 aliphatic carbocycles. The molecule has 0 radical (unpaired) electrons. The van der Waals surface area contributed by atoms with E-state index in [9.17, 15) is 19.2 Å². The zero-order chi connectivity index (χ0) is 19.4. The van der Waals surface area contributed by atoms with Gasteiger partial charge in [0.25, 0.3) is 11.8 Å². The topological polar surface area (TPSA) is 92.8 Å². The fourth-order valence-electron chi connectivity index (χ4n) is 2.61. The molecule has 0 aromatic rings. The van der Waals surface area contributed by atoms with Gasteiger partial charge in [-0.05, 0) is 19.8 Å². The number of hydrogen-bond acceptors (Lipinski definition) is 5. The quantitative estimate of drug-likeness (QED) is 0.307. The second kappa shape index (κ2) is 12.2. The summed E-state index contributed by atoms with van der Waals surface area (Å²) in [5.41, 5.74) is 0.535. The van der Waals surface area contributed by atoms with E-state index in [-0.39, 0.29) is 25.2 Å². The molecule has 7 nitrogen and oxygen atoms in total. The Morgan fingerprint density at radius 2 is 1.46 bits per heavy atom. The van der Waals surface area contributed by atoms with Gasteiger partial charge in [0.1, 0.15) is 0 Å². The zero-order valence-corrected chi connectivity index (χ0v) is 15.7. The lowest BCUT2D eigenvalue weighted by atomic mass is 10.1. The summed E-state index contributed by atoms with van der Waals surface area (Å²) in [4.78, 5) is 50.4. The van der Waals surface area contributed by atoms with Crippen molar-refractivity contribution in [1.82, 2.24) is 10.4 Å². The van der Waals surface area contributed by atoms with Crippen LogP contribution < -0.4 is 5.32 Å². The van der Waals surface area contributed by atoms with Crippen molar-refractivity contribution in [3.05, 3.63) is 12.2 Å². The van der Waals surface area contributed by atoms with Gasteiger partial charge in [-0.1, -0.05) is 45.1 Å². The highest BCUT2D eigenvalue weighted by molar-refractivity contribution is 6.01. The second-order valence-corrected chi connectivity index (χ2v) is 6.66. The van der Waals surface area contributed by atoms with Crippen molar-refractivity contribution < 1.29 is 24.0 Å². The SMILES string of the molecule is C=C(C)C(=O)NCCCCCCCCCCC(=O)ON1C(=O)CCC1=O. The Hall–Kier alpha value is -2.18. The second-order valence-electron chi connectivity index (χ2n) is 6.66. The maximum Gasteiger partial charge on any atom is 0.333 e. The van der Waals surface area contributed by atoms with E-state index >= 15 is 0 Å². The Morgan fingerprint density at radius 1 is 0.962 bits per heavy atom. The summed E-state index contributed by atoms with van der Waals surface area (Å²) in [7, 11) is 0. The average molecular weight is 366 g/mol. The van der Waals surface area contributed by atoms with Crippen molar-refractivity contribution in [3.63, 3.8) is 0 Å². The maximum atomic E-state index is 11.6. The molecule has 0 bridgehead atoms. The van der Waals surface area contributed by atoms with Crippen LogP contribution in [-0.2, 0) is 24.0 Å². The highest BCUT2D eigenvalue weighted by atomic mass is 16.7. The standard InChI is InChI=1S/C19H30N2O5/c1-15(2)19(25)20-14-10-8-6-4-3-5-7-9-11-18(24)26-21-16(22)12-13-17(21)23/h1,3-14H2,2H3,(H,20,25). The molecule has 0 saturated carbocycles. The molecule has 26 heavy (non-hydrogen) atoms. The Bertz CT molecular complexity index is 514. The molecule has 0 atom stereocenters. The average Bonchev–Trinajstić information content (AvgIpc) is 2.91. The monoisotopic (exact) mass is 366 g/mol. The predicted molar refractivity (Wildman–Crippen MR) is 96.6 cm³/mol. The minimum atomic E-state index is -0.523. The maximum absolute atomic E-state index is 11.6. The van der Waals surface area contributed by atoms with Gasteiger partial charge < -0.3 is 10.2 Å². The predicted octanol–water partition coefficient (Wildman–Crippen LogP) is 2.80. The fourth-order valence-corrected chi connectivity index (χ4v) is 2.61. The number of amides is 3. The largest absolute Gasteiger partial charge is 0.352 e. The van der Waals surface area contributed by atoms with E-state index in [1.807, 2.05) is 0 Å². The fraction of sp³-hybridized carbons (Fsp3) is 0.684. The molecule has 1 heterocycles. The van der Waals surface area contributed by atoms with Gasteiger partial charge in [-0.3, -0.25) is 14.4 Å². The van der Waals surface area contributed by atoms with Crippen molar-refractivity contribution in [2.75, 3.05) is 6.54 Å². The van der Waals surface area contributed by atoms with Crippen LogP contribution in [0, 0.1) is 0 Å². The van der Waals surface area contributed by atoms with Crippen LogP contribution in [0.3, 0.4) is 0 Å². The number of nitrogens with zero attached hydrogens (tertiary/aromatic N) is 1. The molecule has 7 heteroatoms. The lowest BCUT2D eigenvalue weighted by Gasteiger charge is -2.12. The first-order chi connectivity index (χ1) is 12.4. The highest BCUT2D eigenvalue weighted by Gasteiger charge is 2.32. The van der Waals surface area contributed by atoms with Crippen LogP contribution in [0.2, 0.25) is 0 Å². The van der Waals surface area contributed by atoms with Gasteiger partial charge in [-0.25, -0.2) is 4.79 Å². The molecule has 0 spiro atoms. The van der Waals surface area contributed by atoms with E-state index in [0.717, 1.165) is 44.9 Å². The van der Waals surface area contributed by atoms with Crippen LogP contribution in [0.15, 0.2) is 12.2 Å². The van der Waals surface area contributed by atoms with Crippen LogP contribution >= 0.6 is 0 Å². The van der Waals surface area contributed by atoms with E-state index < -0.39 is 17.8 Å². The molecular formula is C19H30N2O5. The third-order valence-electron chi connectivity index (χ3n) is 4.18. The van der Waals surface area contributed by atoms with Gasteiger partial charge in [0, 0.05) is 31.4 Å². The molecule has 1 rings (SSSR count). The molecule has 0 aromatic heterocycles. The normalized spacial score (nSPS) is 13.8. The molecule has 3 amide bonds. The van der Waals surface area contributed by atoms with Crippen molar-refractivity contribution in [3.8, 4) is 0 Å². The number of rotatable bonds is 13. The molecule has 146 valence electrons. The molecule has 0 unspecified atom stereocenters. The van der Waals surface area contributed by atoms with Crippen LogP contribution in [0.25, 0.3) is 0 Å². The van der Waals surface area contributed by atoms with E-state index in [1.54, 1.807) is 6.92 Å². The van der Waals surface area contributed by atoms with E-state index in [0.29, 0.717) is 23.6 Å². The molecule has 0 aromatic carbocycles. The summed E-state index contributed by atoms with van der Waals surface area (Å²) in [5, 5.41) is 3.41. The van der Waals surface area contributed by atoms with Gasteiger partial charge in [0.15, 0.2) is 0 Å². The summed E-state index contributed by atoms with van der Waals surface area (Å²) in [5.74, 6) is -1.49. The molecule has 1 fully saturated rings. The van der Waals surface area contributed by atoms with Gasteiger partial charge in [0.2, 0.25) is 5.91 Å². The Labute approximate surface area is 155 Å². The summed E-state index contributed by atoms with van der Waals surface area (Å²) in [6.45, 7) is 5.97. The van der Waals surface area contributed by atoms with Gasteiger partial charge in [-0.2, -0.15) is 0 Å². The molecule has 1 saturated heterocycles. The lowest BCUT2D eigenvalue weighted by Crippen LogP contribution is -2.31. The first kappa shape index (κ1) is 21.9. The number of nitrogens with one attached hydrogen (secondary N) is 1. The molecule has 1 N–H and O–H groups in total. The third kappa shape index (κ3) is 8.78. The minimum Gasteiger partial charge on any atom is -0.352 e. The van der Waals surface area contributed by atoms with Crippen LogP contribution in [0.4, 0.5) is 0 Å². The van der Waals surface area contributed by atoms with Gasteiger partial charge in [-0.15, -0.1) is 5.06 Å². The summed E-state index contributed by atoms with van der Waals surface area (Å²) in [6, 6.07) is 0. The Morgan fingerprint density at radius 3 is 2.00 bits per heavy atom. The van der Waals surface area contributed by atoms with Crippen LogP contribution in [0.5, 0.6) is 0 Å². The van der Waals surface area contributed by atoms with E-state index in [2.05, 4.69) is 11.9 Å². The van der Waals surface area contributed by atoms with Gasteiger partial charge >= 0.3 is 5.97 Å². The summed E-state index contributed by atoms with van der Waals surface area (Å²) in [6.07, 6.45) is 8.54.